The van der Waals surface area contributed by atoms with Crippen LogP contribution in [0.5, 0.6) is 0 Å². The average Bonchev–Trinajstić information content (AvgIpc) is 2.81. The molecule has 1 amide bonds. The quantitative estimate of drug-likeness (QED) is 0.752. The molecule has 3 rings (SSSR count). The van der Waals surface area contributed by atoms with Gasteiger partial charge >= 0.3 is 0 Å². The second kappa shape index (κ2) is 6.61. The lowest BCUT2D eigenvalue weighted by atomic mass is 10.1. The lowest BCUT2D eigenvalue weighted by molar-refractivity contribution is -0.117. The van der Waals surface area contributed by atoms with Crippen LogP contribution in [0.25, 0.3) is 10.9 Å². The van der Waals surface area contributed by atoms with Gasteiger partial charge in [0.05, 0.1) is 16.4 Å². The number of halogens is 2. The van der Waals surface area contributed by atoms with Gasteiger partial charge in [-0.2, -0.15) is 0 Å². The molecule has 0 saturated carbocycles. The van der Waals surface area contributed by atoms with E-state index in [9.17, 15) is 14.0 Å². The molecule has 2 aromatic carbocycles. The van der Waals surface area contributed by atoms with Gasteiger partial charge in [0.25, 0.3) is 5.56 Å². The molecule has 0 aliphatic carbocycles. The van der Waals surface area contributed by atoms with E-state index in [0.717, 1.165) is 0 Å². The Bertz CT molecular complexity index is 1030. The van der Waals surface area contributed by atoms with Crippen molar-refractivity contribution in [3.05, 3.63) is 63.7 Å². The number of aromatic nitrogens is 2. The summed E-state index contributed by atoms with van der Waals surface area (Å²) in [5, 5.41) is 3.69. The number of fused-ring (bicyclic) bond motifs is 1. The first-order valence-corrected chi connectivity index (χ1v) is 8.51. The molecule has 0 radical (unpaired) electrons. The largest absolute Gasteiger partial charge is 0.324 e. The van der Waals surface area contributed by atoms with Crippen LogP contribution in [0, 0.1) is 5.82 Å². The minimum atomic E-state index is -0.529. The summed E-state index contributed by atoms with van der Waals surface area (Å²) in [5.41, 5.74) is 0.361. The van der Waals surface area contributed by atoms with E-state index in [-0.39, 0.29) is 23.8 Å². The van der Waals surface area contributed by atoms with Crippen molar-refractivity contribution < 1.29 is 9.18 Å². The standard InChI is InChI=1S/C19H19ClFN3O2/c1-19(2,3)24-18(26)15-9-4-12(20)10-16(15)23(24)11-17(25)22-14-7-5-13(21)6-8-14/h4-10H,11H2,1-3H3,(H,22,25). The third kappa shape index (κ3) is 3.51. The summed E-state index contributed by atoms with van der Waals surface area (Å²) in [6, 6.07) is 10.5. The van der Waals surface area contributed by atoms with E-state index in [2.05, 4.69) is 5.32 Å². The predicted molar refractivity (Wildman–Crippen MR) is 101 cm³/mol. The molecule has 0 unspecified atom stereocenters. The summed E-state index contributed by atoms with van der Waals surface area (Å²) in [6.45, 7) is 5.60. The van der Waals surface area contributed by atoms with E-state index in [0.29, 0.717) is 21.6 Å². The zero-order valence-corrected chi connectivity index (χ0v) is 15.5. The molecule has 1 heterocycles. The lowest BCUT2D eigenvalue weighted by Crippen LogP contribution is -2.38. The molecule has 0 aliphatic heterocycles. The zero-order chi connectivity index (χ0) is 19.1. The number of nitrogens with zero attached hydrogens (tertiary/aromatic N) is 2. The third-order valence-electron chi connectivity index (χ3n) is 3.96. The molecule has 26 heavy (non-hydrogen) atoms. The highest BCUT2D eigenvalue weighted by Gasteiger charge is 2.24. The highest BCUT2D eigenvalue weighted by molar-refractivity contribution is 6.31. The highest BCUT2D eigenvalue weighted by Crippen LogP contribution is 2.22. The van der Waals surface area contributed by atoms with Gasteiger partial charge in [0.15, 0.2) is 0 Å². The van der Waals surface area contributed by atoms with Gasteiger partial charge in [-0.3, -0.25) is 14.3 Å². The molecule has 0 fully saturated rings. The first kappa shape index (κ1) is 18.2. The van der Waals surface area contributed by atoms with Crippen LogP contribution in [0.3, 0.4) is 0 Å². The van der Waals surface area contributed by atoms with Crippen LogP contribution in [-0.2, 0) is 16.9 Å². The van der Waals surface area contributed by atoms with Crippen LogP contribution < -0.4 is 10.9 Å². The molecule has 136 valence electrons. The Morgan fingerprint density at radius 1 is 1.15 bits per heavy atom. The second-order valence-electron chi connectivity index (χ2n) is 7.06. The van der Waals surface area contributed by atoms with Gasteiger partial charge in [-0.05, 0) is 63.2 Å². The number of carbonyl (C=O) groups is 1. The smallest absolute Gasteiger partial charge is 0.275 e. The number of anilines is 1. The van der Waals surface area contributed by atoms with Crippen molar-refractivity contribution >= 4 is 34.1 Å². The number of amides is 1. The topological polar surface area (TPSA) is 56.0 Å². The Labute approximate surface area is 155 Å². The van der Waals surface area contributed by atoms with Gasteiger partial charge in [-0.25, -0.2) is 9.07 Å². The van der Waals surface area contributed by atoms with Crippen LogP contribution >= 0.6 is 11.6 Å². The second-order valence-corrected chi connectivity index (χ2v) is 7.50. The van der Waals surface area contributed by atoms with Crippen molar-refractivity contribution in [2.24, 2.45) is 0 Å². The maximum Gasteiger partial charge on any atom is 0.275 e. The summed E-state index contributed by atoms with van der Waals surface area (Å²) in [6.07, 6.45) is 0. The summed E-state index contributed by atoms with van der Waals surface area (Å²) >= 11 is 6.09. The predicted octanol–water partition coefficient (Wildman–Crippen LogP) is 3.99. The van der Waals surface area contributed by atoms with E-state index in [4.69, 9.17) is 11.6 Å². The lowest BCUT2D eigenvalue weighted by Gasteiger charge is -2.24. The molecule has 3 aromatic rings. The minimum absolute atomic E-state index is 0.0757. The highest BCUT2D eigenvalue weighted by atomic mass is 35.5. The van der Waals surface area contributed by atoms with Crippen molar-refractivity contribution in [2.75, 3.05) is 5.32 Å². The monoisotopic (exact) mass is 375 g/mol. The van der Waals surface area contributed by atoms with Crippen molar-refractivity contribution in [1.82, 2.24) is 9.36 Å². The van der Waals surface area contributed by atoms with Crippen LogP contribution in [0.15, 0.2) is 47.3 Å². The molecular formula is C19H19ClFN3O2. The molecule has 1 aromatic heterocycles. The van der Waals surface area contributed by atoms with E-state index in [1.165, 1.54) is 24.3 Å². The molecule has 7 heteroatoms. The Morgan fingerprint density at radius 3 is 2.42 bits per heavy atom. The minimum Gasteiger partial charge on any atom is -0.324 e. The first-order valence-electron chi connectivity index (χ1n) is 8.14. The molecule has 1 N–H and O–H groups in total. The van der Waals surface area contributed by atoms with E-state index >= 15 is 0 Å². The average molecular weight is 376 g/mol. The van der Waals surface area contributed by atoms with E-state index < -0.39 is 5.54 Å². The molecular weight excluding hydrogens is 357 g/mol. The Balaban J connectivity index is 2.03. The molecule has 0 bridgehead atoms. The summed E-state index contributed by atoms with van der Waals surface area (Å²) in [4.78, 5) is 25.3. The summed E-state index contributed by atoms with van der Waals surface area (Å²) in [5.74, 6) is -0.706. The van der Waals surface area contributed by atoms with Crippen LogP contribution in [0.1, 0.15) is 20.8 Å². The SMILES string of the molecule is CC(C)(C)n1c(=O)c2ccc(Cl)cc2n1CC(=O)Nc1ccc(F)cc1. The number of hydrogen-bond acceptors (Lipinski definition) is 2. The van der Waals surface area contributed by atoms with Crippen LogP contribution in [-0.4, -0.2) is 15.3 Å². The fourth-order valence-electron chi connectivity index (χ4n) is 2.92. The van der Waals surface area contributed by atoms with Gasteiger partial charge in [0.2, 0.25) is 5.91 Å². The number of benzene rings is 2. The fourth-order valence-corrected chi connectivity index (χ4v) is 3.09. The fraction of sp³-hybridized carbons (Fsp3) is 0.263. The molecule has 0 aliphatic rings. The van der Waals surface area contributed by atoms with Gasteiger partial charge in [0, 0.05) is 10.7 Å². The molecule has 0 spiro atoms. The van der Waals surface area contributed by atoms with Crippen LogP contribution in [0.4, 0.5) is 10.1 Å². The Morgan fingerprint density at radius 2 is 1.81 bits per heavy atom. The van der Waals surface area contributed by atoms with Gasteiger partial charge < -0.3 is 5.32 Å². The Kier molecular flexibility index (Phi) is 4.63. The maximum absolute atomic E-state index is 13.0. The molecule has 5 nitrogen and oxygen atoms in total. The molecule has 0 atom stereocenters. The maximum atomic E-state index is 13.0. The van der Waals surface area contributed by atoms with Gasteiger partial charge in [0.1, 0.15) is 12.4 Å². The van der Waals surface area contributed by atoms with Gasteiger partial charge in [-0.15, -0.1) is 0 Å². The van der Waals surface area contributed by atoms with Gasteiger partial charge in [-0.1, -0.05) is 11.6 Å². The Hall–Kier alpha value is -2.60. The number of hydrogen-bond donors (Lipinski definition) is 1. The number of nitrogens with one attached hydrogen (secondary N) is 1. The molecule has 0 saturated heterocycles. The number of carbonyl (C=O) groups excluding carboxylic acids is 1. The third-order valence-corrected chi connectivity index (χ3v) is 4.19. The van der Waals surface area contributed by atoms with E-state index in [1.807, 2.05) is 20.8 Å². The summed E-state index contributed by atoms with van der Waals surface area (Å²) in [7, 11) is 0. The van der Waals surface area contributed by atoms with Crippen molar-refractivity contribution in [1.29, 1.82) is 0 Å². The summed E-state index contributed by atoms with van der Waals surface area (Å²) < 4.78 is 16.2. The zero-order valence-electron chi connectivity index (χ0n) is 14.7. The first-order chi connectivity index (χ1) is 12.2. The van der Waals surface area contributed by atoms with Crippen molar-refractivity contribution in [3.8, 4) is 0 Å². The number of rotatable bonds is 3. The van der Waals surface area contributed by atoms with E-state index in [1.54, 1.807) is 27.6 Å². The van der Waals surface area contributed by atoms with Crippen molar-refractivity contribution in [2.45, 2.75) is 32.9 Å². The van der Waals surface area contributed by atoms with Crippen LogP contribution in [0.2, 0.25) is 5.02 Å². The normalized spacial score (nSPS) is 11.7. The van der Waals surface area contributed by atoms with Crippen molar-refractivity contribution in [3.63, 3.8) is 0 Å².